The van der Waals surface area contributed by atoms with E-state index in [1.54, 1.807) is 13.3 Å². The van der Waals surface area contributed by atoms with Gasteiger partial charge in [-0.05, 0) is 73.2 Å². The van der Waals surface area contributed by atoms with Gasteiger partial charge >= 0.3 is 5.97 Å². The van der Waals surface area contributed by atoms with Crippen LogP contribution in [-0.2, 0) is 9.53 Å². The molecule has 6 nitrogen and oxygen atoms in total. The Morgan fingerprint density at radius 3 is 2.97 bits per heavy atom. The van der Waals surface area contributed by atoms with Crippen molar-refractivity contribution < 1.29 is 19.4 Å². The molecule has 3 aliphatic heterocycles. The summed E-state index contributed by atoms with van der Waals surface area (Å²) < 4.78 is 10.6. The van der Waals surface area contributed by atoms with Crippen LogP contribution >= 0.6 is 11.8 Å². The predicted octanol–water partition coefficient (Wildman–Crippen LogP) is 4.06. The minimum Gasteiger partial charge on any atom is -0.497 e. The normalized spacial score (nSPS) is 25.6. The van der Waals surface area contributed by atoms with E-state index in [2.05, 4.69) is 9.88 Å². The molecule has 0 radical (unpaired) electrons. The molecular weight excluding hydrogens is 424 g/mol. The fourth-order valence-corrected chi connectivity index (χ4v) is 6.10. The Morgan fingerprint density at radius 1 is 1.34 bits per heavy atom. The largest absolute Gasteiger partial charge is 0.497 e. The van der Waals surface area contributed by atoms with Crippen LogP contribution in [0.1, 0.15) is 44.3 Å². The first-order valence-corrected chi connectivity index (χ1v) is 12.8. The van der Waals surface area contributed by atoms with Gasteiger partial charge in [-0.1, -0.05) is 6.92 Å². The van der Waals surface area contributed by atoms with E-state index < -0.39 is 6.10 Å². The van der Waals surface area contributed by atoms with Crippen LogP contribution in [0.25, 0.3) is 10.9 Å². The molecule has 3 aliphatic rings. The minimum absolute atomic E-state index is 0.118. The van der Waals surface area contributed by atoms with Gasteiger partial charge in [0, 0.05) is 36.3 Å². The maximum absolute atomic E-state index is 11.4. The lowest BCUT2D eigenvalue weighted by atomic mass is 9.72. The summed E-state index contributed by atoms with van der Waals surface area (Å²) in [6.07, 6.45) is 5.16. The number of carbonyl (C=O) groups excluding carboxylic acids is 1. The highest BCUT2D eigenvalue weighted by Crippen LogP contribution is 2.43. The Hall–Kier alpha value is -1.83. The van der Waals surface area contributed by atoms with Crippen LogP contribution < -0.4 is 4.74 Å². The molecule has 3 fully saturated rings. The molecule has 174 valence electrons. The number of aliphatic hydroxyl groups excluding tert-OH is 1. The SMILES string of the molecule is CCC(=O)OCCSCC[C@H]1CN2CC[C@H]1C[C@@H]2[C@@H](O)c1ccnc2ccc(OC)cc12. The molecule has 0 amide bonds. The monoisotopic (exact) mass is 458 g/mol. The Labute approximate surface area is 194 Å². The van der Waals surface area contributed by atoms with Crippen molar-refractivity contribution in [3.8, 4) is 5.75 Å². The number of rotatable bonds is 10. The number of fused-ring (bicyclic) bond motifs is 4. The van der Waals surface area contributed by atoms with E-state index in [4.69, 9.17) is 9.47 Å². The van der Waals surface area contributed by atoms with Crippen LogP contribution in [0.2, 0.25) is 0 Å². The second kappa shape index (κ2) is 10.9. The Kier molecular flexibility index (Phi) is 7.92. The molecule has 1 aromatic carbocycles. The van der Waals surface area contributed by atoms with Gasteiger partial charge in [0.25, 0.3) is 0 Å². The first kappa shape index (κ1) is 23.3. The Bertz CT molecular complexity index is 924. The lowest BCUT2D eigenvalue weighted by Crippen LogP contribution is -2.55. The standard InChI is InChI=1S/C25H34N2O4S/c1-3-24(28)31-11-13-32-12-8-18-16-27-10-7-17(18)14-23(27)25(29)20-6-9-26-22-5-4-19(30-2)15-21(20)22/h4-6,9,15,17-18,23,25,29H,3,7-8,10-14,16H2,1-2H3/t17-,18-,23+,25-/m0/s1. The second-order valence-corrected chi connectivity index (χ2v) is 10.0. The zero-order chi connectivity index (χ0) is 22.5. The number of ether oxygens (including phenoxy) is 2. The lowest BCUT2D eigenvalue weighted by molar-refractivity contribution is -0.142. The van der Waals surface area contributed by atoms with Gasteiger partial charge in [0.05, 0.1) is 18.7 Å². The minimum atomic E-state index is -0.529. The van der Waals surface area contributed by atoms with Crippen LogP contribution in [0.4, 0.5) is 0 Å². The number of benzene rings is 1. The van der Waals surface area contributed by atoms with Crippen LogP contribution in [0.3, 0.4) is 0 Å². The van der Waals surface area contributed by atoms with Crippen molar-refractivity contribution in [2.24, 2.45) is 11.8 Å². The molecule has 5 rings (SSSR count). The zero-order valence-electron chi connectivity index (χ0n) is 19.0. The third kappa shape index (κ3) is 5.21. The third-order valence-corrected chi connectivity index (χ3v) is 7.99. The summed E-state index contributed by atoms with van der Waals surface area (Å²) in [5.74, 6) is 3.99. The van der Waals surface area contributed by atoms with Crippen LogP contribution in [0, 0.1) is 11.8 Å². The highest BCUT2D eigenvalue weighted by atomic mass is 32.2. The van der Waals surface area contributed by atoms with E-state index >= 15 is 0 Å². The van der Waals surface area contributed by atoms with Crippen molar-refractivity contribution >= 4 is 28.6 Å². The average molecular weight is 459 g/mol. The topological polar surface area (TPSA) is 71.9 Å². The summed E-state index contributed by atoms with van der Waals surface area (Å²) in [5, 5.41) is 12.4. The summed E-state index contributed by atoms with van der Waals surface area (Å²) in [7, 11) is 1.66. The number of methoxy groups -OCH3 is 1. The molecule has 7 heteroatoms. The third-order valence-electron chi connectivity index (χ3n) is 7.01. The van der Waals surface area contributed by atoms with Gasteiger partial charge in [0.1, 0.15) is 12.4 Å². The number of nitrogens with zero attached hydrogens (tertiary/aromatic N) is 2. The molecule has 3 saturated heterocycles. The van der Waals surface area contributed by atoms with Crippen molar-refractivity contribution in [3.63, 3.8) is 0 Å². The van der Waals surface area contributed by atoms with Gasteiger partial charge in [0.15, 0.2) is 0 Å². The lowest BCUT2D eigenvalue weighted by Gasteiger charge is -2.51. The molecule has 0 saturated carbocycles. The molecule has 1 N–H and O–H groups in total. The molecule has 2 bridgehead atoms. The van der Waals surface area contributed by atoms with Crippen molar-refractivity contribution in [2.45, 2.75) is 44.8 Å². The van der Waals surface area contributed by atoms with E-state index in [-0.39, 0.29) is 12.0 Å². The molecule has 1 aromatic heterocycles. The highest BCUT2D eigenvalue weighted by Gasteiger charge is 2.43. The molecule has 1 unspecified atom stereocenters. The van der Waals surface area contributed by atoms with Gasteiger partial charge in [-0.2, -0.15) is 11.8 Å². The number of aromatic nitrogens is 1. The smallest absolute Gasteiger partial charge is 0.305 e. The predicted molar refractivity (Wildman–Crippen MR) is 128 cm³/mol. The van der Waals surface area contributed by atoms with Gasteiger partial charge < -0.3 is 14.6 Å². The molecule has 32 heavy (non-hydrogen) atoms. The van der Waals surface area contributed by atoms with Crippen LogP contribution in [-0.4, -0.2) is 65.3 Å². The molecule has 5 atom stereocenters. The summed E-state index contributed by atoms with van der Waals surface area (Å²) in [6, 6.07) is 7.95. The molecular formula is C25H34N2O4S. The first-order valence-electron chi connectivity index (χ1n) is 11.7. The quantitative estimate of drug-likeness (QED) is 0.425. The maximum Gasteiger partial charge on any atom is 0.305 e. The van der Waals surface area contributed by atoms with Gasteiger partial charge in [-0.15, -0.1) is 0 Å². The zero-order valence-corrected chi connectivity index (χ0v) is 19.9. The molecule has 0 spiro atoms. The number of piperidine rings is 3. The van der Waals surface area contributed by atoms with Gasteiger partial charge in [-0.25, -0.2) is 0 Å². The van der Waals surface area contributed by atoms with Gasteiger partial charge in [0.2, 0.25) is 0 Å². The van der Waals surface area contributed by atoms with E-state index in [1.165, 1.54) is 12.8 Å². The number of pyridine rings is 1. The molecule has 4 heterocycles. The summed E-state index contributed by atoms with van der Waals surface area (Å²) in [5.41, 5.74) is 1.83. The highest BCUT2D eigenvalue weighted by molar-refractivity contribution is 7.99. The number of thioether (sulfide) groups is 1. The summed E-state index contributed by atoms with van der Waals surface area (Å²) >= 11 is 1.87. The summed E-state index contributed by atoms with van der Waals surface area (Å²) in [4.78, 5) is 18.2. The number of carbonyl (C=O) groups is 1. The molecule has 2 aromatic rings. The van der Waals surface area contributed by atoms with Gasteiger partial charge in [-0.3, -0.25) is 14.7 Å². The Balaban J connectivity index is 1.34. The van der Waals surface area contributed by atoms with Crippen molar-refractivity contribution in [2.75, 3.05) is 38.3 Å². The van der Waals surface area contributed by atoms with E-state index in [0.29, 0.717) is 24.9 Å². The van der Waals surface area contributed by atoms with Crippen molar-refractivity contribution in [1.82, 2.24) is 9.88 Å². The Morgan fingerprint density at radius 2 is 2.22 bits per heavy atom. The number of hydrogen-bond donors (Lipinski definition) is 1. The number of hydrogen-bond acceptors (Lipinski definition) is 7. The van der Waals surface area contributed by atoms with Crippen LogP contribution in [0.15, 0.2) is 30.5 Å². The fourth-order valence-electron chi connectivity index (χ4n) is 5.23. The first-order chi connectivity index (χ1) is 15.6. The van der Waals surface area contributed by atoms with E-state index in [1.807, 2.05) is 43.0 Å². The maximum atomic E-state index is 11.4. The number of aliphatic hydroxyl groups is 1. The average Bonchev–Trinajstić information content (AvgIpc) is 2.85. The fraction of sp³-hybridized carbons (Fsp3) is 0.600. The van der Waals surface area contributed by atoms with E-state index in [0.717, 1.165) is 53.2 Å². The van der Waals surface area contributed by atoms with Crippen molar-refractivity contribution in [3.05, 3.63) is 36.0 Å². The van der Waals surface area contributed by atoms with Crippen molar-refractivity contribution in [1.29, 1.82) is 0 Å². The van der Waals surface area contributed by atoms with E-state index in [9.17, 15) is 9.90 Å². The second-order valence-electron chi connectivity index (χ2n) is 8.81. The van der Waals surface area contributed by atoms with Crippen LogP contribution in [0.5, 0.6) is 5.75 Å². The number of esters is 1. The summed E-state index contributed by atoms with van der Waals surface area (Å²) in [6.45, 7) is 4.46. The molecule has 0 aliphatic carbocycles.